The molecule has 0 saturated carbocycles. The zero-order chi connectivity index (χ0) is 44.5. The summed E-state index contributed by atoms with van der Waals surface area (Å²) in [6.45, 7) is 0. The van der Waals surface area contributed by atoms with Crippen LogP contribution in [0.4, 0.5) is 0 Å². The van der Waals surface area contributed by atoms with Gasteiger partial charge in [-0.3, -0.25) is 4.57 Å². The van der Waals surface area contributed by atoms with E-state index >= 15 is 0 Å². The molecule has 0 spiro atoms. The Hall–Kier alpha value is -9.12. The molecule has 314 valence electrons. The van der Waals surface area contributed by atoms with E-state index in [-0.39, 0.29) is 0 Å². The van der Waals surface area contributed by atoms with Crippen molar-refractivity contribution in [2.75, 3.05) is 0 Å². The highest BCUT2D eigenvalue weighted by Gasteiger charge is 2.24. The molecule has 0 aliphatic heterocycles. The maximum Gasteiger partial charge on any atom is 0.235 e. The highest BCUT2D eigenvalue weighted by molar-refractivity contribution is 6.41. The summed E-state index contributed by atoms with van der Waals surface area (Å²) < 4.78 is 4.78. The first kappa shape index (κ1) is 37.1. The molecule has 12 aromatic carbocycles. The average molecular weight is 863 g/mol. The van der Waals surface area contributed by atoms with Gasteiger partial charge in [-0.15, -0.1) is 0 Å². The van der Waals surface area contributed by atoms with Crippen LogP contribution in [0.2, 0.25) is 0 Å². The first-order chi connectivity index (χ1) is 33.7. The Bertz CT molecular complexity index is 4530. The molecular formula is C64H38N4. The first-order valence-electron chi connectivity index (χ1n) is 23.3. The van der Waals surface area contributed by atoms with Crippen LogP contribution in [0.15, 0.2) is 231 Å². The summed E-state index contributed by atoms with van der Waals surface area (Å²) in [7, 11) is 0. The zero-order valence-electron chi connectivity index (χ0n) is 36.7. The fourth-order valence-corrected chi connectivity index (χ4v) is 11.5. The second-order valence-corrected chi connectivity index (χ2v) is 18.0. The number of nitrogens with zero attached hydrogens (tertiary/aromatic N) is 4. The van der Waals surface area contributed by atoms with Crippen molar-refractivity contribution in [3.63, 3.8) is 0 Å². The number of rotatable bonds is 5. The van der Waals surface area contributed by atoms with Crippen LogP contribution in [-0.2, 0) is 0 Å². The smallest absolute Gasteiger partial charge is 0.235 e. The Morgan fingerprint density at radius 2 is 0.706 bits per heavy atom. The predicted octanol–water partition coefficient (Wildman–Crippen LogP) is 16.9. The predicted molar refractivity (Wildman–Crippen MR) is 286 cm³/mol. The van der Waals surface area contributed by atoms with E-state index in [4.69, 9.17) is 9.97 Å². The summed E-state index contributed by atoms with van der Waals surface area (Å²) in [4.78, 5) is 11.0. The number of aromatic nitrogens is 4. The van der Waals surface area contributed by atoms with Crippen LogP contribution in [0.1, 0.15) is 0 Å². The van der Waals surface area contributed by atoms with Crippen molar-refractivity contribution < 1.29 is 0 Å². The second kappa shape index (κ2) is 14.2. The number of hydrogen-bond donors (Lipinski definition) is 0. The highest BCUT2D eigenvalue weighted by atomic mass is 15.2. The quantitative estimate of drug-likeness (QED) is 0.128. The van der Waals surface area contributed by atoms with Gasteiger partial charge in [0.05, 0.1) is 33.3 Å². The number of fused-ring (bicyclic) bond motifs is 11. The monoisotopic (exact) mass is 862 g/mol. The van der Waals surface area contributed by atoms with Gasteiger partial charge >= 0.3 is 0 Å². The van der Waals surface area contributed by atoms with Gasteiger partial charge in [-0.25, -0.2) is 9.97 Å². The topological polar surface area (TPSA) is 35.6 Å². The Morgan fingerprint density at radius 3 is 1.35 bits per heavy atom. The van der Waals surface area contributed by atoms with Crippen LogP contribution in [-0.4, -0.2) is 19.1 Å². The van der Waals surface area contributed by atoms with E-state index in [2.05, 4.69) is 240 Å². The Kier molecular flexibility index (Phi) is 7.75. The molecule has 0 saturated heterocycles. The molecule has 0 amide bonds. The maximum atomic E-state index is 5.57. The molecule has 0 unspecified atom stereocenters. The fourth-order valence-electron chi connectivity index (χ4n) is 11.5. The minimum Gasteiger partial charge on any atom is -0.309 e. The van der Waals surface area contributed by atoms with E-state index in [1.807, 2.05) is 0 Å². The molecule has 0 bridgehead atoms. The van der Waals surface area contributed by atoms with E-state index in [0.717, 1.165) is 44.4 Å². The molecule has 0 N–H and O–H groups in total. The minimum absolute atomic E-state index is 0.647. The lowest BCUT2D eigenvalue weighted by molar-refractivity contribution is 1.01. The van der Waals surface area contributed by atoms with Crippen LogP contribution < -0.4 is 0 Å². The summed E-state index contributed by atoms with van der Waals surface area (Å²) in [6.07, 6.45) is 0. The van der Waals surface area contributed by atoms with Crippen molar-refractivity contribution in [1.29, 1.82) is 0 Å². The van der Waals surface area contributed by atoms with Crippen LogP contribution >= 0.6 is 0 Å². The van der Waals surface area contributed by atoms with E-state index in [0.29, 0.717) is 5.95 Å². The van der Waals surface area contributed by atoms with Gasteiger partial charge in [-0.05, 0) is 114 Å². The third kappa shape index (κ3) is 5.25. The van der Waals surface area contributed by atoms with Gasteiger partial charge in [-0.2, -0.15) is 0 Å². The average Bonchev–Trinajstić information content (AvgIpc) is 3.93. The van der Waals surface area contributed by atoms with Gasteiger partial charge < -0.3 is 4.57 Å². The normalized spacial score (nSPS) is 12.1. The largest absolute Gasteiger partial charge is 0.309 e. The molecule has 15 aromatic rings. The standard InChI is InChI=1S/C64H38N4/c1-3-16-39(17-4-1)41-32-34-44(35-33-41)67-55-30-11-8-23-48(55)61-50-27-14-25-45-46-26-15-28-51-60(46)53(52(59(45)50)37-57(61)67)38-58-62(51)49-24-9-12-31-56(49)68(58)64-65-54-29-10-7-22-47(54)63(66-64)43-21-13-20-42(36-43)40-18-5-2-6-19-40/h1-38H. The Labute approximate surface area is 390 Å². The third-order valence-corrected chi connectivity index (χ3v) is 14.4. The molecule has 0 aliphatic carbocycles. The van der Waals surface area contributed by atoms with Crippen molar-refractivity contribution in [2.45, 2.75) is 0 Å². The summed E-state index contributed by atoms with van der Waals surface area (Å²) >= 11 is 0. The van der Waals surface area contributed by atoms with E-state index in [9.17, 15) is 0 Å². The van der Waals surface area contributed by atoms with Crippen molar-refractivity contribution >= 4 is 97.6 Å². The van der Waals surface area contributed by atoms with Crippen LogP contribution in [0.5, 0.6) is 0 Å². The molecule has 3 heterocycles. The summed E-state index contributed by atoms with van der Waals surface area (Å²) in [5.74, 6) is 0.647. The lowest BCUT2D eigenvalue weighted by atomic mass is 9.87. The zero-order valence-corrected chi connectivity index (χ0v) is 36.7. The minimum atomic E-state index is 0.647. The Balaban J connectivity index is 1.05. The van der Waals surface area contributed by atoms with Gasteiger partial charge in [0.1, 0.15) is 0 Å². The number of hydrogen-bond acceptors (Lipinski definition) is 2. The lowest BCUT2D eigenvalue weighted by Gasteiger charge is -2.17. The molecule has 4 heteroatoms. The SMILES string of the molecule is c1ccc(-c2ccc(-n3c4ccccc4c4c5cccc6c7cccc8c7c(cc7c8c8ccccc8n7-c7nc(-c8cccc(-c9ccccc9)c8)c8ccccc8n7)c(cc43)c65)cc2)cc1. The van der Waals surface area contributed by atoms with Gasteiger partial charge in [0, 0.05) is 38.2 Å². The number of benzene rings is 12. The Morgan fingerprint density at radius 1 is 0.250 bits per heavy atom. The lowest BCUT2D eigenvalue weighted by Crippen LogP contribution is -2.03. The van der Waals surface area contributed by atoms with Crippen molar-refractivity contribution in [3.8, 4) is 45.1 Å². The van der Waals surface area contributed by atoms with Crippen LogP contribution in [0, 0.1) is 0 Å². The van der Waals surface area contributed by atoms with Gasteiger partial charge in [-0.1, -0.05) is 182 Å². The van der Waals surface area contributed by atoms with Crippen LogP contribution in [0.25, 0.3) is 143 Å². The summed E-state index contributed by atoms with van der Waals surface area (Å²) in [6, 6.07) is 83.7. The molecule has 68 heavy (non-hydrogen) atoms. The third-order valence-electron chi connectivity index (χ3n) is 14.4. The molecule has 0 atom stereocenters. The molecule has 3 aromatic heterocycles. The molecule has 0 aliphatic rings. The summed E-state index contributed by atoms with van der Waals surface area (Å²) in [5, 5.41) is 15.9. The molecule has 4 nitrogen and oxygen atoms in total. The van der Waals surface area contributed by atoms with Crippen LogP contribution in [0.3, 0.4) is 0 Å². The molecule has 0 radical (unpaired) electrons. The van der Waals surface area contributed by atoms with Gasteiger partial charge in [0.2, 0.25) is 5.95 Å². The van der Waals surface area contributed by atoms with Gasteiger partial charge in [0.15, 0.2) is 0 Å². The van der Waals surface area contributed by atoms with E-state index in [1.54, 1.807) is 0 Å². The van der Waals surface area contributed by atoms with Crippen molar-refractivity contribution in [2.24, 2.45) is 0 Å². The van der Waals surface area contributed by atoms with Crippen molar-refractivity contribution in [3.05, 3.63) is 231 Å². The molecular weight excluding hydrogens is 825 g/mol. The van der Waals surface area contributed by atoms with E-state index < -0.39 is 0 Å². The second-order valence-electron chi connectivity index (χ2n) is 18.0. The first-order valence-corrected chi connectivity index (χ1v) is 23.3. The molecule has 15 rings (SSSR count). The summed E-state index contributed by atoms with van der Waals surface area (Å²) in [5.41, 5.74) is 13.3. The van der Waals surface area contributed by atoms with E-state index in [1.165, 1.54) is 92.4 Å². The highest BCUT2D eigenvalue weighted by Crippen LogP contribution is 2.49. The maximum absolute atomic E-state index is 5.57. The fraction of sp³-hybridized carbons (Fsp3) is 0. The number of para-hydroxylation sites is 3. The van der Waals surface area contributed by atoms with Gasteiger partial charge in [0.25, 0.3) is 0 Å². The molecule has 0 fully saturated rings. The van der Waals surface area contributed by atoms with Crippen molar-refractivity contribution in [1.82, 2.24) is 19.1 Å².